The minimum atomic E-state index is -3.15. The summed E-state index contributed by atoms with van der Waals surface area (Å²) < 4.78 is 18.8. The molecule has 0 aliphatic carbocycles. The Balaban J connectivity index is 2.68. The van der Waals surface area contributed by atoms with Crippen LogP contribution in [-0.2, 0) is 9.09 Å². The minimum absolute atomic E-state index is 0.270. The zero-order valence-electron chi connectivity index (χ0n) is 8.23. The normalized spacial score (nSPS) is 33.1. The van der Waals surface area contributed by atoms with E-state index < -0.39 is 13.9 Å². The molecular formula is C7H15Cl2N2O3P. The molecule has 8 heteroatoms. The van der Waals surface area contributed by atoms with Gasteiger partial charge in [0.05, 0.1) is 6.61 Å². The number of alkyl halides is 2. The molecule has 2 atom stereocenters. The molecule has 0 unspecified atom stereocenters. The Morgan fingerprint density at radius 2 is 2.27 bits per heavy atom. The highest BCUT2D eigenvalue weighted by Crippen LogP contribution is 2.50. The van der Waals surface area contributed by atoms with E-state index in [0.717, 1.165) is 0 Å². The van der Waals surface area contributed by atoms with Gasteiger partial charge in [0.1, 0.15) is 6.23 Å². The first kappa shape index (κ1) is 13.7. The number of halogens is 2. The fourth-order valence-electron chi connectivity index (χ4n) is 1.37. The fourth-order valence-corrected chi connectivity index (χ4v) is 3.89. The van der Waals surface area contributed by atoms with Gasteiger partial charge in [-0.3, -0.25) is 4.57 Å². The van der Waals surface area contributed by atoms with Crippen LogP contribution in [0.4, 0.5) is 0 Å². The second-order valence-electron chi connectivity index (χ2n) is 3.07. The average Bonchev–Trinajstić information content (AvgIpc) is 2.21. The Morgan fingerprint density at radius 1 is 1.53 bits per heavy atom. The predicted octanol–water partition coefficient (Wildman–Crippen LogP) is 1.20. The number of hydrogen-bond acceptors (Lipinski definition) is 3. The number of rotatable bonds is 5. The van der Waals surface area contributed by atoms with Gasteiger partial charge in [-0.2, -0.15) is 4.67 Å². The first-order valence-electron chi connectivity index (χ1n) is 4.71. The van der Waals surface area contributed by atoms with E-state index in [-0.39, 0.29) is 12.5 Å². The molecule has 15 heavy (non-hydrogen) atoms. The third kappa shape index (κ3) is 3.56. The quantitative estimate of drug-likeness (QED) is 0.584. The summed E-state index contributed by atoms with van der Waals surface area (Å²) in [7, 11) is -3.15. The van der Waals surface area contributed by atoms with Gasteiger partial charge < -0.3 is 9.63 Å². The molecule has 0 aromatic rings. The van der Waals surface area contributed by atoms with E-state index in [1.54, 1.807) is 0 Å². The Labute approximate surface area is 99.2 Å². The van der Waals surface area contributed by atoms with Crippen LogP contribution in [0.5, 0.6) is 0 Å². The third-order valence-corrected chi connectivity index (χ3v) is 4.70. The van der Waals surface area contributed by atoms with Crippen LogP contribution in [0.2, 0.25) is 0 Å². The smallest absolute Gasteiger partial charge is 0.345 e. The number of nitrogens with zero attached hydrogens (tertiary/aromatic N) is 1. The molecule has 5 nitrogen and oxygen atoms in total. The lowest BCUT2D eigenvalue weighted by Crippen LogP contribution is -2.43. The van der Waals surface area contributed by atoms with E-state index in [0.29, 0.717) is 25.4 Å². The monoisotopic (exact) mass is 276 g/mol. The second kappa shape index (κ2) is 6.40. The standard InChI is InChI=1S/C7H15Cl2N2O3P/c8-2-4-10-15(13)11(5-3-9)7(12)1-6-14-15/h7,12H,1-6H2,(H,10,13)/t7-,15-/m0/s1. The average molecular weight is 277 g/mol. The van der Waals surface area contributed by atoms with Crippen LogP contribution >= 0.6 is 30.9 Å². The van der Waals surface area contributed by atoms with Crippen molar-refractivity contribution in [2.75, 3.05) is 31.5 Å². The van der Waals surface area contributed by atoms with Crippen LogP contribution in [0.15, 0.2) is 0 Å². The van der Waals surface area contributed by atoms with Gasteiger partial charge in [0, 0.05) is 31.3 Å². The molecule has 1 aliphatic heterocycles. The molecule has 0 bridgehead atoms. The minimum Gasteiger partial charge on any atom is -0.378 e. The van der Waals surface area contributed by atoms with Crippen molar-refractivity contribution in [3.05, 3.63) is 0 Å². The molecule has 0 radical (unpaired) electrons. The molecule has 90 valence electrons. The summed E-state index contributed by atoms with van der Waals surface area (Å²) in [5.41, 5.74) is 0. The largest absolute Gasteiger partial charge is 0.378 e. The van der Waals surface area contributed by atoms with Crippen molar-refractivity contribution in [3.8, 4) is 0 Å². The van der Waals surface area contributed by atoms with Crippen LogP contribution in [0.3, 0.4) is 0 Å². The highest BCUT2D eigenvalue weighted by Gasteiger charge is 2.39. The summed E-state index contributed by atoms with van der Waals surface area (Å²) in [4.78, 5) is 0. The molecule has 0 aromatic heterocycles. The van der Waals surface area contributed by atoms with Crippen molar-refractivity contribution in [3.63, 3.8) is 0 Å². The van der Waals surface area contributed by atoms with Crippen LogP contribution in [0.1, 0.15) is 6.42 Å². The number of hydrogen-bond donors (Lipinski definition) is 2. The van der Waals surface area contributed by atoms with E-state index in [1.165, 1.54) is 4.67 Å². The number of aliphatic hydroxyl groups excluding tert-OH is 1. The molecule has 0 saturated carbocycles. The van der Waals surface area contributed by atoms with Crippen molar-refractivity contribution in [1.82, 2.24) is 9.76 Å². The van der Waals surface area contributed by atoms with E-state index >= 15 is 0 Å². The Kier molecular flexibility index (Phi) is 5.85. The van der Waals surface area contributed by atoms with Gasteiger partial charge in [-0.05, 0) is 0 Å². The summed E-state index contributed by atoms with van der Waals surface area (Å²) in [5.74, 6) is 0.616. The van der Waals surface area contributed by atoms with Gasteiger partial charge in [-0.1, -0.05) is 0 Å². The number of nitrogens with one attached hydrogen (secondary N) is 1. The lowest BCUT2D eigenvalue weighted by molar-refractivity contribution is 0.00726. The maximum atomic E-state index is 12.2. The first-order valence-corrected chi connectivity index (χ1v) is 7.35. The van der Waals surface area contributed by atoms with E-state index in [2.05, 4.69) is 5.09 Å². The summed E-state index contributed by atoms with van der Waals surface area (Å²) in [6.07, 6.45) is -0.338. The van der Waals surface area contributed by atoms with Gasteiger partial charge in [-0.25, -0.2) is 5.09 Å². The second-order valence-corrected chi connectivity index (χ2v) is 5.96. The summed E-state index contributed by atoms with van der Waals surface area (Å²) in [6.45, 7) is 0.951. The van der Waals surface area contributed by atoms with E-state index in [1.807, 2.05) is 0 Å². The maximum Gasteiger partial charge on any atom is 0.345 e. The molecule has 0 amide bonds. The highest BCUT2D eigenvalue weighted by molar-refractivity contribution is 7.54. The molecule has 0 spiro atoms. The van der Waals surface area contributed by atoms with Gasteiger partial charge >= 0.3 is 7.67 Å². The van der Waals surface area contributed by atoms with Crippen molar-refractivity contribution in [1.29, 1.82) is 0 Å². The summed E-state index contributed by atoms with van der Waals surface area (Å²) >= 11 is 11.1. The summed E-state index contributed by atoms with van der Waals surface area (Å²) in [5, 5.41) is 12.4. The Bertz CT molecular complexity index is 244. The molecule has 1 heterocycles. The topological polar surface area (TPSA) is 61.8 Å². The molecule has 0 aromatic carbocycles. The lowest BCUT2D eigenvalue weighted by atomic mass is 10.4. The Morgan fingerprint density at radius 3 is 2.87 bits per heavy atom. The van der Waals surface area contributed by atoms with Gasteiger partial charge in [0.25, 0.3) is 0 Å². The third-order valence-electron chi connectivity index (χ3n) is 2.04. The molecular weight excluding hydrogens is 262 g/mol. The highest BCUT2D eigenvalue weighted by atomic mass is 35.5. The van der Waals surface area contributed by atoms with Gasteiger partial charge in [-0.15, -0.1) is 23.2 Å². The van der Waals surface area contributed by atoms with Crippen molar-refractivity contribution < 1.29 is 14.2 Å². The predicted molar refractivity (Wildman–Crippen MR) is 60.3 cm³/mol. The van der Waals surface area contributed by atoms with Crippen molar-refractivity contribution in [2.24, 2.45) is 0 Å². The van der Waals surface area contributed by atoms with Crippen LogP contribution in [-0.4, -0.2) is 47.5 Å². The van der Waals surface area contributed by atoms with Crippen LogP contribution in [0, 0.1) is 0 Å². The van der Waals surface area contributed by atoms with E-state index in [9.17, 15) is 9.67 Å². The fraction of sp³-hybridized carbons (Fsp3) is 1.00. The van der Waals surface area contributed by atoms with Crippen LogP contribution in [0.25, 0.3) is 0 Å². The summed E-state index contributed by atoms with van der Waals surface area (Å²) in [6, 6.07) is 0. The van der Waals surface area contributed by atoms with Crippen molar-refractivity contribution >= 4 is 30.9 Å². The maximum absolute atomic E-state index is 12.2. The number of aliphatic hydroxyl groups is 1. The van der Waals surface area contributed by atoms with E-state index in [4.69, 9.17) is 27.7 Å². The van der Waals surface area contributed by atoms with Gasteiger partial charge in [0.15, 0.2) is 0 Å². The molecule has 2 N–H and O–H groups in total. The zero-order valence-corrected chi connectivity index (χ0v) is 10.6. The Hall–Kier alpha value is 0.650. The molecule has 1 rings (SSSR count). The van der Waals surface area contributed by atoms with Crippen molar-refractivity contribution in [2.45, 2.75) is 12.6 Å². The van der Waals surface area contributed by atoms with Crippen LogP contribution < -0.4 is 5.09 Å². The molecule has 1 saturated heterocycles. The SMILES string of the molecule is O=[P@@]1(NCCCl)OCC[C@H](O)N1CCCl. The van der Waals surface area contributed by atoms with Gasteiger partial charge in [0.2, 0.25) is 0 Å². The zero-order chi connectivity index (χ0) is 11.3. The molecule has 1 fully saturated rings. The lowest BCUT2D eigenvalue weighted by Gasteiger charge is -2.38. The molecule has 1 aliphatic rings. The first-order chi connectivity index (χ1) is 7.14.